The van der Waals surface area contributed by atoms with Gasteiger partial charge in [-0.1, -0.05) is 140 Å². The highest BCUT2D eigenvalue weighted by Gasteiger charge is 2.32. The minimum Gasteiger partial charge on any atom is -0.478 e. The number of carboxylic acids is 1. The Labute approximate surface area is 396 Å². The number of para-hydroxylation sites is 2. The molecule has 0 radical (unpaired) electrons. The second-order valence-electron chi connectivity index (χ2n) is 16.3. The molecule has 0 aliphatic carbocycles. The summed E-state index contributed by atoms with van der Waals surface area (Å²) in [5.74, 6) is -3.20. The number of fused-ring (bicyclic) bond motifs is 1. The number of oxazole rings is 1. The first kappa shape index (κ1) is 51.7. The number of hydrogen-bond donors (Lipinski definition) is 2. The normalized spacial score (nSPS) is 11.6. The molecule has 0 bridgehead atoms. The van der Waals surface area contributed by atoms with Gasteiger partial charge in [-0.15, -0.1) is 5.10 Å². The number of nitrogens with zero attached hydrogens (tertiary/aromatic N) is 5. The van der Waals surface area contributed by atoms with Crippen LogP contribution in [0.1, 0.15) is 156 Å². The minimum atomic E-state index is -1.59. The molecule has 0 saturated carbocycles. The van der Waals surface area contributed by atoms with Gasteiger partial charge >= 0.3 is 23.9 Å². The summed E-state index contributed by atoms with van der Waals surface area (Å²) in [6.45, 7) is 4.91. The first-order valence-electron chi connectivity index (χ1n) is 23.5. The van der Waals surface area contributed by atoms with E-state index < -0.39 is 36.0 Å². The summed E-state index contributed by atoms with van der Waals surface area (Å²) in [5, 5.41) is 16.7. The number of nitrogens with one attached hydrogen (secondary N) is 1. The number of carboxylic acid groups (broad SMARTS) is 1. The van der Waals surface area contributed by atoms with E-state index in [0.717, 1.165) is 67.8 Å². The van der Waals surface area contributed by atoms with Gasteiger partial charge < -0.3 is 29.1 Å². The van der Waals surface area contributed by atoms with Crippen molar-refractivity contribution in [3.63, 3.8) is 0 Å². The van der Waals surface area contributed by atoms with Gasteiger partial charge in [-0.3, -0.25) is 14.5 Å². The molecule has 5 rings (SSSR count). The quantitative estimate of drug-likeness (QED) is 0.0250. The third-order valence-electron chi connectivity index (χ3n) is 11.0. The Morgan fingerprint density at radius 2 is 1.40 bits per heavy atom. The van der Waals surface area contributed by atoms with Crippen LogP contribution in [-0.4, -0.2) is 80.7 Å². The van der Waals surface area contributed by atoms with Crippen LogP contribution in [0.5, 0.6) is 5.75 Å². The number of unbranched alkanes of at least 4 members (excludes halogenated alkanes) is 15. The average molecular weight is 941 g/mol. The Bertz CT molecular complexity index is 2330. The molecule has 67 heavy (non-hydrogen) atoms. The fraction of sp³-hybridized carbons (Fsp3) is 0.480. The maximum Gasteiger partial charge on any atom is 0.350 e. The molecule has 2 amide bonds. The lowest BCUT2D eigenvalue weighted by Gasteiger charge is -2.23. The first-order valence-corrected chi connectivity index (χ1v) is 24.5. The van der Waals surface area contributed by atoms with E-state index in [-0.39, 0.29) is 51.7 Å². The molecule has 17 heteroatoms. The zero-order valence-corrected chi connectivity index (χ0v) is 39.7. The average Bonchev–Trinajstić information content (AvgIpc) is 4.00. The SMILES string of the molecule is CCCCCCCCCCCCCCOC(=O)c1ccc(OC(C(=O)Nc2cccc(C(=O)O)c2)c2nc3ccccc3o2)c(N(C)C(=O)n2cnc(SCC(=O)OCCCCCCC)n2)c1. The van der Waals surface area contributed by atoms with Gasteiger partial charge in [0.1, 0.15) is 17.6 Å². The van der Waals surface area contributed by atoms with E-state index in [1.165, 1.54) is 112 Å². The lowest BCUT2D eigenvalue weighted by atomic mass is 10.1. The van der Waals surface area contributed by atoms with Crippen LogP contribution >= 0.6 is 11.8 Å². The zero-order chi connectivity index (χ0) is 47.8. The summed E-state index contributed by atoms with van der Waals surface area (Å²) < 4.78 is 24.4. The number of esters is 2. The van der Waals surface area contributed by atoms with Crippen LogP contribution in [0.15, 0.2) is 82.6 Å². The Hall–Kier alpha value is -6.23. The molecule has 360 valence electrons. The van der Waals surface area contributed by atoms with E-state index in [2.05, 4.69) is 34.2 Å². The van der Waals surface area contributed by atoms with Gasteiger partial charge in [0.25, 0.3) is 12.0 Å². The Morgan fingerprint density at radius 3 is 2.06 bits per heavy atom. The van der Waals surface area contributed by atoms with Crippen LogP contribution in [-0.2, 0) is 19.1 Å². The number of aromatic nitrogens is 4. The summed E-state index contributed by atoms with van der Waals surface area (Å²) in [4.78, 5) is 75.7. The van der Waals surface area contributed by atoms with Gasteiger partial charge in [0, 0.05) is 12.7 Å². The first-order chi connectivity index (χ1) is 32.6. The van der Waals surface area contributed by atoms with E-state index in [1.54, 1.807) is 24.3 Å². The fourth-order valence-electron chi connectivity index (χ4n) is 7.20. The second kappa shape index (κ2) is 28.1. The van der Waals surface area contributed by atoms with Crippen molar-refractivity contribution in [1.29, 1.82) is 0 Å². The predicted octanol–water partition coefficient (Wildman–Crippen LogP) is 11.4. The largest absolute Gasteiger partial charge is 0.478 e. The van der Waals surface area contributed by atoms with Crippen LogP contribution in [0.2, 0.25) is 0 Å². The van der Waals surface area contributed by atoms with Crippen molar-refractivity contribution in [2.45, 2.75) is 134 Å². The number of amides is 2. The van der Waals surface area contributed by atoms with Crippen molar-refractivity contribution in [3.05, 3.63) is 90.1 Å². The van der Waals surface area contributed by atoms with E-state index in [9.17, 15) is 29.1 Å². The van der Waals surface area contributed by atoms with Crippen molar-refractivity contribution in [3.8, 4) is 5.75 Å². The van der Waals surface area contributed by atoms with Crippen molar-refractivity contribution >= 4 is 64.1 Å². The van der Waals surface area contributed by atoms with E-state index in [0.29, 0.717) is 24.1 Å². The standard InChI is InChI=1S/C50H64N6O10S/c1-4-6-8-10-11-12-13-14-15-16-18-22-31-64-48(61)37-28-29-42(40(33-37)55(3)50(62)56-35-51-49(54-56)67-34-43(57)63-30-21-17-9-7-5-2)65-44(46-53-39-26-19-20-27-41(39)66-46)45(58)52-38-25-23-24-36(32-38)47(59)60/h19-20,23-29,32-33,35,44H,4-18,21-22,30-31,34H2,1-3H3,(H,52,58)(H,59,60). The van der Waals surface area contributed by atoms with Gasteiger partial charge in [-0.25, -0.2) is 24.4 Å². The summed E-state index contributed by atoms with van der Waals surface area (Å²) in [6.07, 6.45) is 18.8. The molecule has 0 spiro atoms. The smallest absolute Gasteiger partial charge is 0.350 e. The van der Waals surface area contributed by atoms with Gasteiger partial charge in [0.15, 0.2) is 5.58 Å². The second-order valence-corrected chi connectivity index (χ2v) is 17.3. The van der Waals surface area contributed by atoms with Crippen LogP contribution < -0.4 is 15.0 Å². The number of thioether (sulfide) groups is 1. The number of anilines is 2. The number of aromatic carboxylic acids is 1. The Kier molecular flexibility index (Phi) is 21.7. The molecule has 0 aliphatic heterocycles. The molecule has 2 heterocycles. The molecule has 3 aromatic carbocycles. The molecular formula is C50H64N6O10S. The highest BCUT2D eigenvalue weighted by atomic mass is 32.2. The zero-order valence-electron chi connectivity index (χ0n) is 38.9. The van der Waals surface area contributed by atoms with E-state index in [4.69, 9.17) is 18.6 Å². The fourth-order valence-corrected chi connectivity index (χ4v) is 7.80. The number of carbonyl (C=O) groups is 5. The van der Waals surface area contributed by atoms with Crippen LogP contribution in [0, 0.1) is 0 Å². The summed E-state index contributed by atoms with van der Waals surface area (Å²) in [7, 11) is 1.43. The van der Waals surface area contributed by atoms with Crippen LogP contribution in [0.4, 0.5) is 16.2 Å². The molecule has 5 aromatic rings. The van der Waals surface area contributed by atoms with Gasteiger partial charge in [0.2, 0.25) is 11.0 Å². The van der Waals surface area contributed by atoms with E-state index in [1.807, 2.05) is 0 Å². The predicted molar refractivity (Wildman–Crippen MR) is 257 cm³/mol. The highest BCUT2D eigenvalue weighted by Crippen LogP contribution is 2.35. The molecule has 16 nitrogen and oxygen atoms in total. The van der Waals surface area contributed by atoms with E-state index >= 15 is 0 Å². The number of rotatable bonds is 30. The molecule has 1 atom stereocenters. The topological polar surface area (TPSA) is 205 Å². The Morgan fingerprint density at radius 1 is 0.761 bits per heavy atom. The molecule has 1 unspecified atom stereocenters. The van der Waals surface area contributed by atoms with Gasteiger partial charge in [-0.2, -0.15) is 4.68 Å². The molecule has 0 aliphatic rings. The third-order valence-corrected chi connectivity index (χ3v) is 11.8. The number of carbonyl (C=O) groups excluding carboxylic acids is 4. The van der Waals surface area contributed by atoms with Crippen LogP contribution in [0.25, 0.3) is 11.1 Å². The monoisotopic (exact) mass is 940 g/mol. The number of hydrogen-bond acceptors (Lipinski definition) is 13. The lowest BCUT2D eigenvalue weighted by Crippen LogP contribution is -2.32. The summed E-state index contributed by atoms with van der Waals surface area (Å²) in [5.41, 5.74) is 1.11. The minimum absolute atomic E-state index is 0.0257. The van der Waals surface area contributed by atoms with Crippen molar-refractivity contribution in [2.75, 3.05) is 36.2 Å². The molecule has 2 aromatic heterocycles. The van der Waals surface area contributed by atoms with Gasteiger partial charge in [0.05, 0.1) is 35.8 Å². The summed E-state index contributed by atoms with van der Waals surface area (Å²) in [6, 6.07) is 16.2. The maximum absolute atomic E-state index is 14.1. The summed E-state index contributed by atoms with van der Waals surface area (Å²) >= 11 is 1.02. The number of ether oxygens (including phenoxy) is 3. The lowest BCUT2D eigenvalue weighted by molar-refractivity contribution is -0.140. The molecular weight excluding hydrogens is 877 g/mol. The van der Waals surface area contributed by atoms with Crippen molar-refractivity contribution in [2.24, 2.45) is 0 Å². The highest BCUT2D eigenvalue weighted by molar-refractivity contribution is 7.99. The molecule has 2 N–H and O–H groups in total. The van der Waals surface area contributed by atoms with Crippen molar-refractivity contribution in [1.82, 2.24) is 19.7 Å². The number of benzene rings is 3. The maximum atomic E-state index is 14.1. The third kappa shape index (κ3) is 16.9. The molecule has 0 saturated heterocycles. The van der Waals surface area contributed by atoms with Gasteiger partial charge in [-0.05, 0) is 61.4 Å². The van der Waals surface area contributed by atoms with Crippen molar-refractivity contribution < 1.29 is 47.7 Å². The Balaban J connectivity index is 1.32. The molecule has 0 fully saturated rings. The van der Waals surface area contributed by atoms with Crippen LogP contribution in [0.3, 0.4) is 0 Å².